The Labute approximate surface area is 118 Å². The van der Waals surface area contributed by atoms with Crippen molar-refractivity contribution in [1.29, 1.82) is 0 Å². The van der Waals surface area contributed by atoms with Gasteiger partial charge in [-0.3, -0.25) is 0 Å². The van der Waals surface area contributed by atoms with E-state index in [1.165, 1.54) is 0 Å². The number of ether oxygens (including phenoxy) is 3. The van der Waals surface area contributed by atoms with Crippen LogP contribution in [-0.4, -0.2) is 37.6 Å². The first-order valence-electron chi connectivity index (χ1n) is 7.80. The van der Waals surface area contributed by atoms with Crippen LogP contribution < -0.4 is 0 Å². The van der Waals surface area contributed by atoms with Crippen molar-refractivity contribution >= 4 is 0 Å². The van der Waals surface area contributed by atoms with Gasteiger partial charge in [0.2, 0.25) is 0 Å². The Hall–Kier alpha value is -0.120. The van der Waals surface area contributed by atoms with Crippen molar-refractivity contribution in [1.82, 2.24) is 0 Å². The topological polar surface area (TPSA) is 34.3 Å². The molecule has 0 aromatic carbocycles. The number of rotatable bonds is 8. The van der Waals surface area contributed by atoms with E-state index in [2.05, 4.69) is 41.5 Å². The summed E-state index contributed by atoms with van der Waals surface area (Å²) in [4.78, 5) is 0. The third-order valence-electron chi connectivity index (χ3n) is 4.90. The molecular weight excluding hydrogens is 240 g/mol. The molecule has 0 N–H and O–H groups in total. The van der Waals surface area contributed by atoms with Gasteiger partial charge in [-0.05, 0) is 23.7 Å². The van der Waals surface area contributed by atoms with Gasteiger partial charge < -0.3 is 14.2 Å². The molecule has 0 saturated carbocycles. The molecule has 2 heterocycles. The standard InChI is InChI=1S/C16H30O3/c1-9(2)11(5)15(13-7-17-13)19-16(14-8-18-14)12(6)10(3)4/h9-16H,7-8H2,1-6H3. The van der Waals surface area contributed by atoms with Gasteiger partial charge in [-0.2, -0.15) is 0 Å². The monoisotopic (exact) mass is 270 g/mol. The van der Waals surface area contributed by atoms with Crippen molar-refractivity contribution in [2.75, 3.05) is 13.2 Å². The van der Waals surface area contributed by atoms with E-state index in [1.807, 2.05) is 0 Å². The summed E-state index contributed by atoms with van der Waals surface area (Å²) < 4.78 is 17.5. The van der Waals surface area contributed by atoms with Gasteiger partial charge >= 0.3 is 0 Å². The van der Waals surface area contributed by atoms with Gasteiger partial charge in [0.15, 0.2) is 0 Å². The minimum absolute atomic E-state index is 0.218. The predicted octanol–water partition coefficient (Wildman–Crippen LogP) is 3.12. The van der Waals surface area contributed by atoms with Crippen molar-refractivity contribution in [3.05, 3.63) is 0 Å². The highest BCUT2D eigenvalue weighted by Crippen LogP contribution is 2.35. The third kappa shape index (κ3) is 3.93. The summed E-state index contributed by atoms with van der Waals surface area (Å²) in [6.07, 6.45) is 1.04. The Morgan fingerprint density at radius 3 is 1.26 bits per heavy atom. The summed E-state index contributed by atoms with van der Waals surface area (Å²) in [6.45, 7) is 15.3. The van der Waals surface area contributed by atoms with Crippen LogP contribution in [0.4, 0.5) is 0 Å². The largest absolute Gasteiger partial charge is 0.370 e. The van der Waals surface area contributed by atoms with E-state index in [4.69, 9.17) is 14.2 Å². The SMILES string of the molecule is CC(C)C(C)C(OC(C1CO1)C(C)C(C)C)C1CO1. The molecule has 6 atom stereocenters. The third-order valence-corrected chi connectivity index (χ3v) is 4.90. The van der Waals surface area contributed by atoms with E-state index in [0.29, 0.717) is 35.9 Å². The lowest BCUT2D eigenvalue weighted by Gasteiger charge is -2.33. The first kappa shape index (κ1) is 15.3. The zero-order valence-corrected chi connectivity index (χ0v) is 13.3. The smallest absolute Gasteiger partial charge is 0.107 e. The molecule has 2 aliphatic heterocycles. The molecule has 112 valence electrons. The first-order chi connectivity index (χ1) is 8.91. The quantitative estimate of drug-likeness (QED) is 0.636. The molecule has 0 aromatic rings. The normalized spacial score (nSPS) is 32.2. The van der Waals surface area contributed by atoms with Gasteiger partial charge in [-0.25, -0.2) is 0 Å². The zero-order valence-electron chi connectivity index (χ0n) is 13.3. The Morgan fingerprint density at radius 2 is 1.05 bits per heavy atom. The minimum atomic E-state index is 0.218. The molecule has 2 rings (SSSR count). The minimum Gasteiger partial charge on any atom is -0.370 e. The van der Waals surface area contributed by atoms with Crippen LogP contribution in [0.3, 0.4) is 0 Å². The molecule has 3 nitrogen and oxygen atoms in total. The fourth-order valence-electron chi connectivity index (χ4n) is 2.53. The molecule has 3 heteroatoms. The molecule has 19 heavy (non-hydrogen) atoms. The summed E-state index contributed by atoms with van der Waals surface area (Å²) in [6, 6.07) is 0. The van der Waals surface area contributed by atoms with Gasteiger partial charge in [0.05, 0.1) is 25.4 Å². The number of hydrogen-bond acceptors (Lipinski definition) is 3. The van der Waals surface area contributed by atoms with Gasteiger partial charge in [0.1, 0.15) is 12.2 Å². The van der Waals surface area contributed by atoms with Crippen LogP contribution >= 0.6 is 0 Å². The fourth-order valence-corrected chi connectivity index (χ4v) is 2.53. The van der Waals surface area contributed by atoms with Gasteiger partial charge in [-0.1, -0.05) is 41.5 Å². The fraction of sp³-hybridized carbons (Fsp3) is 1.00. The lowest BCUT2D eigenvalue weighted by atomic mass is 9.87. The Bertz CT molecular complexity index is 254. The van der Waals surface area contributed by atoms with Crippen LogP contribution in [0.25, 0.3) is 0 Å². The van der Waals surface area contributed by atoms with Gasteiger partial charge in [0.25, 0.3) is 0 Å². The predicted molar refractivity (Wildman–Crippen MR) is 76.1 cm³/mol. The molecule has 0 aromatic heterocycles. The van der Waals surface area contributed by atoms with Crippen LogP contribution in [0.15, 0.2) is 0 Å². The molecule has 6 unspecified atom stereocenters. The highest BCUT2D eigenvalue weighted by atomic mass is 16.6. The van der Waals surface area contributed by atoms with E-state index in [9.17, 15) is 0 Å². The molecule has 0 radical (unpaired) electrons. The average molecular weight is 270 g/mol. The van der Waals surface area contributed by atoms with Crippen LogP contribution in [0, 0.1) is 23.7 Å². The van der Waals surface area contributed by atoms with Crippen LogP contribution in [0.1, 0.15) is 41.5 Å². The second-order valence-corrected chi connectivity index (χ2v) is 7.02. The van der Waals surface area contributed by atoms with E-state index in [-0.39, 0.29) is 12.2 Å². The summed E-state index contributed by atoms with van der Waals surface area (Å²) >= 11 is 0. The maximum atomic E-state index is 6.49. The molecule has 2 fully saturated rings. The summed E-state index contributed by atoms with van der Waals surface area (Å²) in [5.74, 6) is 2.27. The maximum absolute atomic E-state index is 6.49. The molecule has 0 aliphatic carbocycles. The molecular formula is C16H30O3. The highest BCUT2D eigenvalue weighted by Gasteiger charge is 2.45. The van der Waals surface area contributed by atoms with Crippen molar-refractivity contribution < 1.29 is 14.2 Å². The lowest BCUT2D eigenvalue weighted by Crippen LogP contribution is -2.40. The molecule has 0 bridgehead atoms. The average Bonchev–Trinajstić information content (AvgIpc) is 3.19. The Morgan fingerprint density at radius 1 is 0.737 bits per heavy atom. The lowest BCUT2D eigenvalue weighted by molar-refractivity contribution is -0.0975. The summed E-state index contributed by atoms with van der Waals surface area (Å²) in [5.41, 5.74) is 0. The Kier molecular flexibility index (Phi) is 4.91. The molecule has 0 spiro atoms. The first-order valence-corrected chi connectivity index (χ1v) is 7.80. The van der Waals surface area contributed by atoms with Crippen molar-refractivity contribution in [2.45, 2.75) is 66.0 Å². The zero-order chi connectivity index (χ0) is 14.2. The number of epoxide rings is 2. The molecule has 2 aliphatic rings. The summed E-state index contributed by atoms with van der Waals surface area (Å²) in [5, 5.41) is 0. The van der Waals surface area contributed by atoms with E-state index in [1.54, 1.807) is 0 Å². The van der Waals surface area contributed by atoms with E-state index >= 15 is 0 Å². The van der Waals surface area contributed by atoms with Gasteiger partial charge in [0, 0.05) is 0 Å². The second kappa shape index (κ2) is 6.11. The van der Waals surface area contributed by atoms with Crippen LogP contribution in [0.5, 0.6) is 0 Å². The van der Waals surface area contributed by atoms with Crippen LogP contribution in [0.2, 0.25) is 0 Å². The molecule has 0 amide bonds. The summed E-state index contributed by atoms with van der Waals surface area (Å²) in [7, 11) is 0. The van der Waals surface area contributed by atoms with Gasteiger partial charge in [-0.15, -0.1) is 0 Å². The van der Waals surface area contributed by atoms with Crippen molar-refractivity contribution in [2.24, 2.45) is 23.7 Å². The molecule has 2 saturated heterocycles. The van der Waals surface area contributed by atoms with Crippen LogP contribution in [-0.2, 0) is 14.2 Å². The van der Waals surface area contributed by atoms with E-state index in [0.717, 1.165) is 13.2 Å². The van der Waals surface area contributed by atoms with Crippen molar-refractivity contribution in [3.63, 3.8) is 0 Å². The Balaban J connectivity index is 2.00. The van der Waals surface area contributed by atoms with Crippen molar-refractivity contribution in [3.8, 4) is 0 Å². The second-order valence-electron chi connectivity index (χ2n) is 7.02. The highest BCUT2D eigenvalue weighted by molar-refractivity contribution is 4.91. The maximum Gasteiger partial charge on any atom is 0.107 e. The number of hydrogen-bond donors (Lipinski definition) is 0. The van der Waals surface area contributed by atoms with E-state index < -0.39 is 0 Å².